The van der Waals surface area contributed by atoms with Gasteiger partial charge in [0.05, 0.1) is 11.7 Å². The summed E-state index contributed by atoms with van der Waals surface area (Å²) in [6, 6.07) is 9.87. The van der Waals surface area contributed by atoms with Gasteiger partial charge in [0.2, 0.25) is 0 Å². The van der Waals surface area contributed by atoms with Crippen molar-refractivity contribution in [2.75, 3.05) is 0 Å². The third-order valence-electron chi connectivity index (χ3n) is 3.92. The van der Waals surface area contributed by atoms with Gasteiger partial charge in [0.25, 0.3) is 0 Å². The third-order valence-corrected chi connectivity index (χ3v) is 3.92. The molecule has 0 bridgehead atoms. The van der Waals surface area contributed by atoms with Crippen LogP contribution < -0.4 is 0 Å². The van der Waals surface area contributed by atoms with Gasteiger partial charge in [-0.1, -0.05) is 18.2 Å². The normalized spacial score (nSPS) is 11.2. The van der Waals surface area contributed by atoms with E-state index < -0.39 is 0 Å². The number of fused-ring (bicyclic) bond motifs is 1. The molecule has 0 N–H and O–H groups in total. The first-order valence-corrected chi connectivity index (χ1v) is 6.64. The number of hydrogen-bond donors (Lipinski definition) is 0. The Labute approximate surface area is 117 Å². The van der Waals surface area contributed by atoms with E-state index in [1.807, 2.05) is 55.8 Å². The molecule has 0 saturated heterocycles. The van der Waals surface area contributed by atoms with E-state index in [-0.39, 0.29) is 12.3 Å². The smallest absolute Gasteiger partial charge is 0.186 e. The molecule has 0 aliphatic rings. The standard InChI is InChI=1S/C16H17N3O/c1-11-8-14(12(2)18(11)3)16(20)10-19-15-7-5-4-6-13(15)9-17-19/h4-9H,10H2,1-3H3. The van der Waals surface area contributed by atoms with Gasteiger partial charge < -0.3 is 4.57 Å². The summed E-state index contributed by atoms with van der Waals surface area (Å²) in [7, 11) is 1.98. The van der Waals surface area contributed by atoms with Crippen LogP contribution in [0.5, 0.6) is 0 Å². The summed E-state index contributed by atoms with van der Waals surface area (Å²) < 4.78 is 3.80. The minimum absolute atomic E-state index is 0.0973. The summed E-state index contributed by atoms with van der Waals surface area (Å²) in [6.45, 7) is 4.26. The highest BCUT2D eigenvalue weighted by molar-refractivity contribution is 5.98. The molecule has 0 spiro atoms. The Balaban J connectivity index is 1.94. The zero-order chi connectivity index (χ0) is 14.3. The lowest BCUT2D eigenvalue weighted by Gasteiger charge is -2.04. The predicted octanol–water partition coefficient (Wildman–Crippen LogP) is 2.87. The van der Waals surface area contributed by atoms with Crippen molar-refractivity contribution in [3.8, 4) is 0 Å². The number of ketones is 1. The first kappa shape index (κ1) is 12.7. The van der Waals surface area contributed by atoms with Crippen LogP contribution in [-0.4, -0.2) is 20.1 Å². The first-order valence-electron chi connectivity index (χ1n) is 6.64. The highest BCUT2D eigenvalue weighted by Gasteiger charge is 2.15. The molecule has 2 aromatic heterocycles. The van der Waals surface area contributed by atoms with E-state index in [1.54, 1.807) is 10.9 Å². The van der Waals surface area contributed by atoms with Gasteiger partial charge in [-0.2, -0.15) is 5.10 Å². The number of para-hydroxylation sites is 1. The molecule has 4 heteroatoms. The maximum Gasteiger partial charge on any atom is 0.186 e. The minimum Gasteiger partial charge on any atom is -0.351 e. The fourth-order valence-electron chi connectivity index (χ4n) is 2.51. The molecular formula is C16H17N3O. The van der Waals surface area contributed by atoms with E-state index in [2.05, 4.69) is 5.10 Å². The Morgan fingerprint density at radius 2 is 2.00 bits per heavy atom. The van der Waals surface area contributed by atoms with Crippen molar-refractivity contribution in [3.63, 3.8) is 0 Å². The fourth-order valence-corrected chi connectivity index (χ4v) is 2.51. The second-order valence-electron chi connectivity index (χ2n) is 5.13. The van der Waals surface area contributed by atoms with E-state index >= 15 is 0 Å². The van der Waals surface area contributed by atoms with Gasteiger partial charge in [0.15, 0.2) is 5.78 Å². The van der Waals surface area contributed by atoms with Crippen molar-refractivity contribution >= 4 is 16.7 Å². The first-order chi connectivity index (χ1) is 9.58. The largest absolute Gasteiger partial charge is 0.351 e. The number of aromatic nitrogens is 3. The molecule has 3 rings (SSSR count). The van der Waals surface area contributed by atoms with Gasteiger partial charge >= 0.3 is 0 Å². The number of benzene rings is 1. The number of nitrogens with zero attached hydrogens (tertiary/aromatic N) is 3. The van der Waals surface area contributed by atoms with Crippen molar-refractivity contribution < 1.29 is 4.79 Å². The lowest BCUT2D eigenvalue weighted by Crippen LogP contribution is -2.12. The maximum atomic E-state index is 12.5. The molecule has 0 aliphatic carbocycles. The number of carbonyl (C=O) groups is 1. The van der Waals surface area contributed by atoms with Crippen LogP contribution in [0.15, 0.2) is 36.5 Å². The average molecular weight is 267 g/mol. The van der Waals surface area contributed by atoms with Crippen LogP contribution in [0.2, 0.25) is 0 Å². The van der Waals surface area contributed by atoms with E-state index in [0.717, 1.165) is 27.9 Å². The topological polar surface area (TPSA) is 39.8 Å². The van der Waals surface area contributed by atoms with Crippen molar-refractivity contribution in [1.29, 1.82) is 0 Å². The lowest BCUT2D eigenvalue weighted by atomic mass is 10.1. The summed E-state index contributed by atoms with van der Waals surface area (Å²) in [6.07, 6.45) is 1.80. The number of Topliss-reactive ketones (excluding diaryl/α,β-unsaturated/α-hetero) is 1. The molecule has 2 heterocycles. The van der Waals surface area contributed by atoms with Gasteiger partial charge in [-0.25, -0.2) is 0 Å². The highest BCUT2D eigenvalue weighted by atomic mass is 16.1. The van der Waals surface area contributed by atoms with Gasteiger partial charge in [0, 0.05) is 29.4 Å². The SMILES string of the molecule is Cc1cc(C(=O)Cn2ncc3ccccc32)c(C)n1C. The Bertz CT molecular complexity index is 795. The summed E-state index contributed by atoms with van der Waals surface area (Å²) in [5.41, 5.74) is 3.87. The Hall–Kier alpha value is -2.36. The van der Waals surface area contributed by atoms with Gasteiger partial charge in [-0.05, 0) is 26.0 Å². The average Bonchev–Trinajstić information content (AvgIpc) is 2.96. The van der Waals surface area contributed by atoms with Gasteiger partial charge in [-0.15, -0.1) is 0 Å². The Kier molecular flexibility index (Phi) is 2.93. The van der Waals surface area contributed by atoms with Crippen molar-refractivity contribution in [2.45, 2.75) is 20.4 Å². The number of carbonyl (C=O) groups excluding carboxylic acids is 1. The van der Waals surface area contributed by atoms with Crippen LogP contribution in [0, 0.1) is 13.8 Å². The van der Waals surface area contributed by atoms with Crippen LogP contribution in [-0.2, 0) is 13.6 Å². The molecule has 0 aliphatic heterocycles. The van der Waals surface area contributed by atoms with Crippen LogP contribution in [0.1, 0.15) is 21.7 Å². The zero-order valence-corrected chi connectivity index (χ0v) is 11.9. The quantitative estimate of drug-likeness (QED) is 0.685. The molecule has 0 atom stereocenters. The molecule has 0 fully saturated rings. The summed E-state index contributed by atoms with van der Waals surface area (Å²) in [4.78, 5) is 12.5. The van der Waals surface area contributed by atoms with Gasteiger partial charge in [0.1, 0.15) is 6.54 Å². The molecule has 102 valence electrons. The fraction of sp³-hybridized carbons (Fsp3) is 0.250. The van der Waals surface area contributed by atoms with Crippen molar-refractivity contribution in [2.24, 2.45) is 7.05 Å². The summed E-state index contributed by atoms with van der Waals surface area (Å²) in [5, 5.41) is 5.37. The lowest BCUT2D eigenvalue weighted by molar-refractivity contribution is 0.0968. The molecule has 1 aromatic carbocycles. The predicted molar refractivity (Wildman–Crippen MR) is 79.0 cm³/mol. The molecular weight excluding hydrogens is 250 g/mol. The Morgan fingerprint density at radius 3 is 2.70 bits per heavy atom. The van der Waals surface area contributed by atoms with E-state index in [1.165, 1.54) is 0 Å². The van der Waals surface area contributed by atoms with Crippen molar-refractivity contribution in [3.05, 3.63) is 53.5 Å². The molecule has 0 radical (unpaired) electrons. The van der Waals surface area contributed by atoms with Crippen LogP contribution in [0.4, 0.5) is 0 Å². The number of rotatable bonds is 3. The number of hydrogen-bond acceptors (Lipinski definition) is 2. The zero-order valence-electron chi connectivity index (χ0n) is 11.9. The molecule has 4 nitrogen and oxygen atoms in total. The van der Waals surface area contributed by atoms with Crippen LogP contribution in [0.3, 0.4) is 0 Å². The summed E-state index contributed by atoms with van der Waals surface area (Å²) in [5.74, 6) is 0.0973. The third kappa shape index (κ3) is 1.93. The second kappa shape index (κ2) is 4.63. The maximum absolute atomic E-state index is 12.5. The van der Waals surface area contributed by atoms with Crippen LogP contribution >= 0.6 is 0 Å². The minimum atomic E-state index is 0.0973. The monoisotopic (exact) mass is 267 g/mol. The molecule has 3 aromatic rings. The molecule has 0 unspecified atom stereocenters. The number of aryl methyl sites for hydroxylation is 1. The van der Waals surface area contributed by atoms with E-state index in [0.29, 0.717) is 0 Å². The summed E-state index contributed by atoms with van der Waals surface area (Å²) >= 11 is 0. The highest BCUT2D eigenvalue weighted by Crippen LogP contribution is 2.17. The Morgan fingerprint density at radius 1 is 1.25 bits per heavy atom. The van der Waals surface area contributed by atoms with Crippen molar-refractivity contribution in [1.82, 2.24) is 14.3 Å². The second-order valence-corrected chi connectivity index (χ2v) is 5.13. The van der Waals surface area contributed by atoms with E-state index in [4.69, 9.17) is 0 Å². The van der Waals surface area contributed by atoms with E-state index in [9.17, 15) is 4.79 Å². The van der Waals surface area contributed by atoms with Crippen LogP contribution in [0.25, 0.3) is 10.9 Å². The molecule has 0 saturated carbocycles. The molecule has 0 amide bonds. The van der Waals surface area contributed by atoms with Gasteiger partial charge in [-0.3, -0.25) is 9.48 Å². The molecule has 20 heavy (non-hydrogen) atoms.